The van der Waals surface area contributed by atoms with Crippen molar-refractivity contribution in [1.29, 1.82) is 5.26 Å². The number of piperidine rings is 1. The highest BCUT2D eigenvalue weighted by molar-refractivity contribution is 5.68. The maximum atomic E-state index is 8.91. The minimum atomic E-state index is 0.452. The van der Waals surface area contributed by atoms with Crippen LogP contribution in [0, 0.1) is 17.2 Å². The minimum Gasteiger partial charge on any atom is -0.395 e. The van der Waals surface area contributed by atoms with Gasteiger partial charge in [0.25, 0.3) is 0 Å². The Bertz CT molecular complexity index is 457. The van der Waals surface area contributed by atoms with Gasteiger partial charge in [-0.1, -0.05) is 0 Å². The predicted molar refractivity (Wildman–Crippen MR) is 76.7 cm³/mol. The number of likely N-dealkylation sites (tertiary alicyclic amines) is 1. The SMILES string of the molecule is CN1CCC(CCNc2nccc(C#N)c2N)CC1. The number of rotatable bonds is 4. The molecule has 2 rings (SSSR count). The van der Waals surface area contributed by atoms with Crippen LogP contribution in [0.4, 0.5) is 11.5 Å². The van der Waals surface area contributed by atoms with E-state index in [1.807, 2.05) is 0 Å². The Balaban J connectivity index is 1.81. The molecule has 1 aromatic rings. The van der Waals surface area contributed by atoms with E-state index in [2.05, 4.69) is 28.3 Å². The van der Waals surface area contributed by atoms with E-state index in [4.69, 9.17) is 11.0 Å². The molecule has 102 valence electrons. The second kappa shape index (κ2) is 6.39. The van der Waals surface area contributed by atoms with E-state index in [1.54, 1.807) is 12.3 Å². The molecule has 1 aromatic heterocycles. The van der Waals surface area contributed by atoms with Crippen molar-refractivity contribution in [3.63, 3.8) is 0 Å². The van der Waals surface area contributed by atoms with Crippen molar-refractivity contribution in [1.82, 2.24) is 9.88 Å². The van der Waals surface area contributed by atoms with Gasteiger partial charge in [-0.2, -0.15) is 5.26 Å². The Morgan fingerprint density at radius 3 is 2.95 bits per heavy atom. The first kappa shape index (κ1) is 13.6. The standard InChI is InChI=1S/C14H21N5/c1-19-8-4-11(5-9-19)2-6-17-14-13(16)12(10-15)3-7-18-14/h3,7,11H,2,4-6,8-9,16H2,1H3,(H,17,18). The summed E-state index contributed by atoms with van der Waals surface area (Å²) >= 11 is 0. The summed E-state index contributed by atoms with van der Waals surface area (Å²) in [5.74, 6) is 1.41. The van der Waals surface area contributed by atoms with E-state index in [9.17, 15) is 0 Å². The van der Waals surface area contributed by atoms with Crippen molar-refractivity contribution in [2.75, 3.05) is 37.7 Å². The summed E-state index contributed by atoms with van der Waals surface area (Å²) < 4.78 is 0. The quantitative estimate of drug-likeness (QED) is 0.860. The van der Waals surface area contributed by atoms with Crippen LogP contribution in [0.15, 0.2) is 12.3 Å². The van der Waals surface area contributed by atoms with E-state index < -0.39 is 0 Å². The maximum Gasteiger partial charge on any atom is 0.150 e. The van der Waals surface area contributed by atoms with Crippen LogP contribution >= 0.6 is 0 Å². The van der Waals surface area contributed by atoms with Gasteiger partial charge in [0, 0.05) is 12.7 Å². The van der Waals surface area contributed by atoms with Crippen LogP contribution in [0.3, 0.4) is 0 Å². The fraction of sp³-hybridized carbons (Fsp3) is 0.571. The number of anilines is 2. The average molecular weight is 259 g/mol. The lowest BCUT2D eigenvalue weighted by molar-refractivity contribution is 0.215. The molecular weight excluding hydrogens is 238 g/mol. The molecule has 5 nitrogen and oxygen atoms in total. The first-order valence-electron chi connectivity index (χ1n) is 6.77. The van der Waals surface area contributed by atoms with Crippen LogP contribution < -0.4 is 11.1 Å². The van der Waals surface area contributed by atoms with Crippen LogP contribution in [0.5, 0.6) is 0 Å². The van der Waals surface area contributed by atoms with Crippen molar-refractivity contribution in [2.24, 2.45) is 5.92 Å². The van der Waals surface area contributed by atoms with Crippen molar-refractivity contribution in [3.8, 4) is 6.07 Å². The Labute approximate surface area is 114 Å². The average Bonchev–Trinajstić information content (AvgIpc) is 2.43. The zero-order valence-electron chi connectivity index (χ0n) is 11.4. The molecule has 1 saturated heterocycles. The fourth-order valence-corrected chi connectivity index (χ4v) is 2.46. The first-order chi connectivity index (χ1) is 9.20. The molecule has 0 unspecified atom stereocenters. The van der Waals surface area contributed by atoms with Crippen LogP contribution in [0.2, 0.25) is 0 Å². The highest BCUT2D eigenvalue weighted by atomic mass is 15.1. The maximum absolute atomic E-state index is 8.91. The molecule has 1 fully saturated rings. The lowest BCUT2D eigenvalue weighted by Gasteiger charge is -2.28. The van der Waals surface area contributed by atoms with Gasteiger partial charge in [0.1, 0.15) is 6.07 Å². The zero-order chi connectivity index (χ0) is 13.7. The van der Waals surface area contributed by atoms with Crippen LogP contribution in [0.25, 0.3) is 0 Å². The molecule has 1 aliphatic rings. The number of hydrogen-bond donors (Lipinski definition) is 2. The van der Waals surface area contributed by atoms with E-state index in [1.165, 1.54) is 25.9 Å². The molecule has 0 atom stereocenters. The summed E-state index contributed by atoms with van der Waals surface area (Å²) in [5.41, 5.74) is 6.81. The molecule has 0 amide bonds. The van der Waals surface area contributed by atoms with Gasteiger partial charge in [0.2, 0.25) is 0 Å². The van der Waals surface area contributed by atoms with Crippen molar-refractivity contribution in [2.45, 2.75) is 19.3 Å². The summed E-state index contributed by atoms with van der Waals surface area (Å²) in [6.45, 7) is 3.24. The summed E-state index contributed by atoms with van der Waals surface area (Å²) in [7, 11) is 2.17. The normalized spacial score (nSPS) is 17.1. The molecule has 3 N–H and O–H groups in total. The largest absolute Gasteiger partial charge is 0.395 e. The third-order valence-corrected chi connectivity index (χ3v) is 3.79. The van der Waals surface area contributed by atoms with Crippen molar-refractivity contribution in [3.05, 3.63) is 17.8 Å². The van der Waals surface area contributed by atoms with Crippen LogP contribution in [-0.4, -0.2) is 36.6 Å². The van der Waals surface area contributed by atoms with Gasteiger partial charge >= 0.3 is 0 Å². The molecule has 0 aromatic carbocycles. The lowest BCUT2D eigenvalue weighted by Crippen LogP contribution is -2.30. The van der Waals surface area contributed by atoms with Gasteiger partial charge in [-0.15, -0.1) is 0 Å². The molecule has 19 heavy (non-hydrogen) atoms. The van der Waals surface area contributed by atoms with Gasteiger partial charge in [-0.25, -0.2) is 4.98 Å². The number of aromatic nitrogens is 1. The molecule has 0 bridgehead atoms. The fourth-order valence-electron chi connectivity index (χ4n) is 2.46. The number of nitrogen functional groups attached to an aromatic ring is 1. The number of pyridine rings is 1. The zero-order valence-corrected chi connectivity index (χ0v) is 11.4. The predicted octanol–water partition coefficient (Wildman–Crippen LogP) is 1.68. The Kier molecular flexibility index (Phi) is 4.58. The Morgan fingerprint density at radius 2 is 2.26 bits per heavy atom. The van der Waals surface area contributed by atoms with Crippen molar-refractivity contribution < 1.29 is 0 Å². The molecular formula is C14H21N5. The second-order valence-corrected chi connectivity index (χ2v) is 5.19. The second-order valence-electron chi connectivity index (χ2n) is 5.19. The third-order valence-electron chi connectivity index (χ3n) is 3.79. The topological polar surface area (TPSA) is 78.0 Å². The van der Waals surface area contributed by atoms with Crippen LogP contribution in [0.1, 0.15) is 24.8 Å². The van der Waals surface area contributed by atoms with Gasteiger partial charge in [-0.05, 0) is 51.4 Å². The molecule has 0 spiro atoms. The van der Waals surface area contributed by atoms with Gasteiger partial charge in [0.05, 0.1) is 11.3 Å². The number of hydrogen-bond acceptors (Lipinski definition) is 5. The van der Waals surface area contributed by atoms with Gasteiger partial charge in [-0.3, -0.25) is 0 Å². The third kappa shape index (κ3) is 3.58. The van der Waals surface area contributed by atoms with E-state index in [0.717, 1.165) is 18.9 Å². The summed E-state index contributed by atoms with van der Waals surface area (Å²) in [5, 5.41) is 12.2. The van der Waals surface area contributed by atoms with E-state index in [-0.39, 0.29) is 0 Å². The molecule has 1 aliphatic heterocycles. The van der Waals surface area contributed by atoms with Gasteiger partial charge in [0.15, 0.2) is 5.82 Å². The number of nitriles is 1. The van der Waals surface area contributed by atoms with Gasteiger partial charge < -0.3 is 16.0 Å². The Hall–Kier alpha value is -1.80. The summed E-state index contributed by atoms with van der Waals surface area (Å²) in [6.07, 6.45) is 5.28. The highest BCUT2D eigenvalue weighted by Crippen LogP contribution is 2.22. The summed E-state index contributed by atoms with van der Waals surface area (Å²) in [4.78, 5) is 6.56. The summed E-state index contributed by atoms with van der Waals surface area (Å²) in [6, 6.07) is 3.71. The monoisotopic (exact) mass is 259 g/mol. The molecule has 0 radical (unpaired) electrons. The molecule has 0 saturated carbocycles. The molecule has 0 aliphatic carbocycles. The highest BCUT2D eigenvalue weighted by Gasteiger charge is 2.16. The van der Waals surface area contributed by atoms with E-state index >= 15 is 0 Å². The number of nitrogens with two attached hydrogens (primary N) is 1. The minimum absolute atomic E-state index is 0.452. The van der Waals surface area contributed by atoms with E-state index in [0.29, 0.717) is 17.1 Å². The first-order valence-corrected chi connectivity index (χ1v) is 6.77. The number of nitrogens with one attached hydrogen (secondary N) is 1. The lowest BCUT2D eigenvalue weighted by atomic mass is 9.94. The molecule has 2 heterocycles. The van der Waals surface area contributed by atoms with Crippen molar-refractivity contribution >= 4 is 11.5 Å². The smallest absolute Gasteiger partial charge is 0.150 e. The molecule has 5 heteroatoms. The number of nitrogens with zero attached hydrogens (tertiary/aromatic N) is 3. The van der Waals surface area contributed by atoms with Crippen LogP contribution in [-0.2, 0) is 0 Å². The Morgan fingerprint density at radius 1 is 1.53 bits per heavy atom.